The molecular weight excluding hydrogens is 801 g/mol. The number of phenols is 1. The molecule has 0 aromatic heterocycles. The number of aliphatic carboxylic acids is 1. The highest BCUT2D eigenvalue weighted by atomic mass is 16.4. The van der Waals surface area contributed by atoms with Crippen LogP contribution < -0.4 is 38.1 Å². The van der Waals surface area contributed by atoms with Crippen molar-refractivity contribution in [3.05, 3.63) is 101 Å². The van der Waals surface area contributed by atoms with Crippen molar-refractivity contribution in [3.8, 4) is 5.75 Å². The lowest BCUT2D eigenvalue weighted by molar-refractivity contribution is -0.144. The fourth-order valence-electron chi connectivity index (χ4n) is 7.01. The lowest BCUT2D eigenvalue weighted by Crippen LogP contribution is -2.62. The van der Waals surface area contributed by atoms with Crippen LogP contribution in [0.1, 0.15) is 56.4 Å². The molecule has 18 heteroatoms. The van der Waals surface area contributed by atoms with E-state index in [1.807, 2.05) is 18.2 Å². The fourth-order valence-corrected chi connectivity index (χ4v) is 7.01. The average Bonchev–Trinajstić information content (AvgIpc) is 3.23. The first kappa shape index (κ1) is 47.9. The number of benzene rings is 3. The molecule has 11 N–H and O–H groups in total. The minimum atomic E-state index is -1.73. The van der Waals surface area contributed by atoms with Crippen molar-refractivity contribution in [2.24, 2.45) is 23.3 Å². The summed E-state index contributed by atoms with van der Waals surface area (Å²) in [5, 5.41) is 32.2. The van der Waals surface area contributed by atoms with Crippen molar-refractivity contribution in [3.63, 3.8) is 0 Å². The van der Waals surface area contributed by atoms with Crippen LogP contribution in [0.15, 0.2) is 78.9 Å². The number of aromatic hydroxyl groups is 1. The van der Waals surface area contributed by atoms with Gasteiger partial charge in [-0.3, -0.25) is 38.4 Å². The van der Waals surface area contributed by atoms with Gasteiger partial charge in [0.2, 0.25) is 41.4 Å². The van der Waals surface area contributed by atoms with Gasteiger partial charge in [-0.15, -0.1) is 0 Å². The number of rotatable bonds is 20. The van der Waals surface area contributed by atoms with E-state index in [4.69, 9.17) is 11.5 Å². The molecule has 62 heavy (non-hydrogen) atoms. The first-order valence-corrected chi connectivity index (χ1v) is 20.3. The van der Waals surface area contributed by atoms with Crippen LogP contribution in [0.5, 0.6) is 5.75 Å². The van der Waals surface area contributed by atoms with Crippen LogP contribution >= 0.6 is 0 Å². The minimum absolute atomic E-state index is 0.0483. The molecule has 0 aliphatic carbocycles. The lowest BCUT2D eigenvalue weighted by Gasteiger charge is -2.38. The van der Waals surface area contributed by atoms with Gasteiger partial charge in [0.15, 0.2) is 0 Å². The van der Waals surface area contributed by atoms with Gasteiger partial charge in [-0.25, -0.2) is 0 Å². The summed E-state index contributed by atoms with van der Waals surface area (Å²) in [7, 11) is 0. The topological polar surface area (TPSA) is 292 Å². The molecule has 0 spiro atoms. The van der Waals surface area contributed by atoms with Crippen LogP contribution in [0.2, 0.25) is 0 Å². The highest BCUT2D eigenvalue weighted by Gasteiger charge is 2.39. The number of hydrogen-bond donors (Lipinski definition) is 9. The number of amides is 7. The Bertz CT molecular complexity index is 2100. The molecule has 7 amide bonds. The van der Waals surface area contributed by atoms with E-state index in [2.05, 4.69) is 26.6 Å². The number of fused-ring (bicyclic) bond motifs is 1. The van der Waals surface area contributed by atoms with Crippen molar-refractivity contribution >= 4 is 47.3 Å². The average molecular weight is 857 g/mol. The van der Waals surface area contributed by atoms with Crippen LogP contribution in [-0.4, -0.2) is 105 Å². The molecule has 0 saturated heterocycles. The molecule has 332 valence electrons. The molecule has 1 aliphatic rings. The Morgan fingerprint density at radius 1 is 0.677 bits per heavy atom. The third kappa shape index (κ3) is 13.6. The van der Waals surface area contributed by atoms with Gasteiger partial charge in [0, 0.05) is 19.4 Å². The zero-order chi connectivity index (χ0) is 45.7. The predicted octanol–water partition coefficient (Wildman–Crippen LogP) is -0.214. The number of carbonyl (C=O) groups is 8. The molecule has 0 unspecified atom stereocenters. The summed E-state index contributed by atoms with van der Waals surface area (Å²) >= 11 is 0. The zero-order valence-electron chi connectivity index (χ0n) is 35.1. The third-order valence-electron chi connectivity index (χ3n) is 10.4. The summed E-state index contributed by atoms with van der Waals surface area (Å²) in [6, 6.07) is 14.4. The van der Waals surface area contributed by atoms with Crippen LogP contribution in [0.3, 0.4) is 0 Å². The number of hydrogen-bond acceptors (Lipinski definition) is 10. The van der Waals surface area contributed by atoms with E-state index in [1.54, 1.807) is 76.2 Å². The number of nitrogens with one attached hydrogen (secondary N) is 5. The largest absolute Gasteiger partial charge is 0.508 e. The summed E-state index contributed by atoms with van der Waals surface area (Å²) in [5.41, 5.74) is 14.5. The molecule has 1 aliphatic heterocycles. The highest BCUT2D eigenvalue weighted by molar-refractivity contribution is 5.98. The van der Waals surface area contributed by atoms with Gasteiger partial charge in [-0.05, 0) is 52.6 Å². The smallest absolute Gasteiger partial charge is 0.305 e. The van der Waals surface area contributed by atoms with Crippen molar-refractivity contribution in [1.82, 2.24) is 31.5 Å². The number of nitrogens with two attached hydrogens (primary N) is 2. The number of carbonyl (C=O) groups excluding carboxylic acids is 7. The second-order valence-corrected chi connectivity index (χ2v) is 16.0. The van der Waals surface area contributed by atoms with Gasteiger partial charge < -0.3 is 53.2 Å². The summed E-state index contributed by atoms with van der Waals surface area (Å²) in [6.07, 6.45) is -0.794. The third-order valence-corrected chi connectivity index (χ3v) is 10.4. The Balaban J connectivity index is 1.58. The van der Waals surface area contributed by atoms with Gasteiger partial charge in [0.1, 0.15) is 36.0 Å². The fraction of sp³-hybridized carbons (Fsp3) is 0.409. The standard InChI is InChI=1S/C44H56N8O10/c1-24(2)37(42(60)47-22-35(46)54)51-43(61)38(25(3)4)50-40(58)33(21-36(55)56)48-39(57)32(19-26-10-6-5-7-11-26)49-41(59)34-20-28-12-8-9-13-29(28)23-52(34)44(62)31(45)18-27-14-16-30(53)17-15-27/h5-17,24-25,31-34,37-38,53H,18-23,45H2,1-4H3,(H2,46,54)(H,47,60)(H,48,57)(H,49,59)(H,50,58)(H,51,61)(H,55,56)/t31-,32-,33-,34-,37-,38-/m0/s1. The second kappa shape index (κ2) is 22.1. The summed E-state index contributed by atoms with van der Waals surface area (Å²) in [5.74, 6) is -7.89. The van der Waals surface area contributed by atoms with Crippen molar-refractivity contribution < 1.29 is 48.6 Å². The molecule has 0 bridgehead atoms. The number of primary amides is 1. The summed E-state index contributed by atoms with van der Waals surface area (Å²) in [6.45, 7) is 6.10. The number of carboxylic acid groups (broad SMARTS) is 1. The summed E-state index contributed by atoms with van der Waals surface area (Å²) < 4.78 is 0. The normalized spacial score (nSPS) is 15.8. The van der Waals surface area contributed by atoms with Crippen LogP contribution in [0.25, 0.3) is 0 Å². The van der Waals surface area contributed by atoms with Crippen molar-refractivity contribution in [1.29, 1.82) is 0 Å². The van der Waals surface area contributed by atoms with E-state index in [9.17, 15) is 48.6 Å². The summed E-state index contributed by atoms with van der Waals surface area (Å²) in [4.78, 5) is 107. The highest BCUT2D eigenvalue weighted by Crippen LogP contribution is 2.25. The number of nitrogens with zero attached hydrogens (tertiary/aromatic N) is 1. The number of carboxylic acids is 1. The Morgan fingerprint density at radius 2 is 1.23 bits per heavy atom. The van der Waals surface area contributed by atoms with Gasteiger partial charge in [-0.1, -0.05) is 94.4 Å². The van der Waals surface area contributed by atoms with Gasteiger partial charge in [-0.2, -0.15) is 0 Å². The molecule has 18 nitrogen and oxygen atoms in total. The maximum Gasteiger partial charge on any atom is 0.305 e. The second-order valence-electron chi connectivity index (χ2n) is 16.0. The molecule has 0 saturated carbocycles. The molecule has 3 aromatic carbocycles. The first-order chi connectivity index (χ1) is 29.3. The van der Waals surface area contributed by atoms with Gasteiger partial charge in [0.25, 0.3) is 0 Å². The van der Waals surface area contributed by atoms with Crippen LogP contribution in [-0.2, 0) is 64.2 Å². The first-order valence-electron chi connectivity index (χ1n) is 20.3. The Kier molecular flexibility index (Phi) is 17.1. The minimum Gasteiger partial charge on any atom is -0.508 e. The quantitative estimate of drug-likeness (QED) is 0.0717. The maximum atomic E-state index is 14.4. The Labute approximate surface area is 359 Å². The molecule has 0 fully saturated rings. The molecule has 4 rings (SSSR count). The van der Waals surface area contributed by atoms with E-state index in [0.717, 1.165) is 11.1 Å². The maximum absolute atomic E-state index is 14.4. The molecule has 1 heterocycles. The Hall–Kier alpha value is -6.82. The lowest BCUT2D eigenvalue weighted by atomic mass is 9.92. The van der Waals surface area contributed by atoms with Crippen molar-refractivity contribution in [2.45, 2.75) is 96.2 Å². The molecule has 6 atom stereocenters. The van der Waals surface area contributed by atoms with E-state index >= 15 is 0 Å². The van der Waals surface area contributed by atoms with Crippen LogP contribution in [0, 0.1) is 11.8 Å². The molecular formula is C44H56N8O10. The Morgan fingerprint density at radius 3 is 1.82 bits per heavy atom. The van der Waals surface area contributed by atoms with E-state index < -0.39 is 108 Å². The van der Waals surface area contributed by atoms with Gasteiger partial charge in [0.05, 0.1) is 19.0 Å². The van der Waals surface area contributed by atoms with E-state index in [-0.39, 0.29) is 31.6 Å². The zero-order valence-corrected chi connectivity index (χ0v) is 35.1. The van der Waals surface area contributed by atoms with Gasteiger partial charge >= 0.3 is 5.97 Å². The molecule has 3 aromatic rings. The van der Waals surface area contributed by atoms with E-state index in [0.29, 0.717) is 11.1 Å². The van der Waals surface area contributed by atoms with Crippen molar-refractivity contribution in [2.75, 3.05) is 6.54 Å². The molecule has 0 radical (unpaired) electrons. The SMILES string of the molecule is CC(C)[C@H](NC(=O)[C@H](CC(=O)O)NC(=O)[C@H](Cc1ccccc1)NC(=O)[C@@H]1Cc2ccccc2CN1C(=O)[C@@H](N)Cc1ccc(O)cc1)C(=O)N[C@H](C(=O)NCC(N)=O)C(C)C. The predicted molar refractivity (Wildman–Crippen MR) is 226 cm³/mol. The van der Waals surface area contributed by atoms with Crippen LogP contribution in [0.4, 0.5) is 0 Å². The number of phenolic OH excluding ortho intramolecular Hbond substituents is 1. The monoisotopic (exact) mass is 856 g/mol. The van der Waals surface area contributed by atoms with E-state index in [1.165, 1.54) is 17.0 Å².